The van der Waals surface area contributed by atoms with Crippen molar-refractivity contribution in [1.82, 2.24) is 16.0 Å². The maximum Gasteiger partial charge on any atom is 0.332 e. The molecule has 7 heterocycles. The minimum atomic E-state index is -2.81. The van der Waals surface area contributed by atoms with Gasteiger partial charge in [0.05, 0.1) is 77.0 Å². The summed E-state index contributed by atoms with van der Waals surface area (Å²) < 4.78 is 81.9. The first-order chi connectivity index (χ1) is 44.0. The molecule has 0 aromatic rings. The van der Waals surface area contributed by atoms with Gasteiger partial charge in [-0.05, 0) is 6.92 Å². The molecule has 3 amide bonds. The van der Waals surface area contributed by atoms with Gasteiger partial charge in [0.1, 0.15) is 152 Å². The molecule has 40 heteroatoms. The Kier molecular flexibility index (Phi) is 27.7. The van der Waals surface area contributed by atoms with E-state index in [1.54, 1.807) is 0 Å². The Balaban J connectivity index is 1.12. The molecule has 7 rings (SSSR count). The van der Waals surface area contributed by atoms with Crippen molar-refractivity contribution in [2.24, 2.45) is 5.92 Å². The fourth-order valence-electron chi connectivity index (χ4n) is 12.3. The Morgan fingerprint density at radius 2 is 0.839 bits per heavy atom. The molecule has 7 aliphatic rings. The summed E-state index contributed by atoms with van der Waals surface area (Å²) in [5.74, 6) is -6.18. The third-order valence-electron chi connectivity index (χ3n) is 17.2. The van der Waals surface area contributed by atoms with Crippen LogP contribution in [0.15, 0.2) is 0 Å². The summed E-state index contributed by atoms with van der Waals surface area (Å²) in [7, 11) is 0. The minimum Gasteiger partial charge on any atom is -0.410 e. The van der Waals surface area contributed by atoms with Gasteiger partial charge in [-0.1, -0.05) is 6.92 Å². The smallest absolute Gasteiger partial charge is 0.332 e. The highest BCUT2D eigenvalue weighted by molar-refractivity contribution is 5.74. The molecule has 7 saturated heterocycles. The largest absolute Gasteiger partial charge is 0.410 e. The van der Waals surface area contributed by atoms with Crippen LogP contribution < -0.4 is 16.0 Å². The molecule has 0 bridgehead atoms. The zero-order chi connectivity index (χ0) is 68.8. The number of rotatable bonds is 26. The predicted molar refractivity (Wildman–Crippen MR) is 290 cm³/mol. The second kappa shape index (κ2) is 33.4. The second-order valence-corrected chi connectivity index (χ2v) is 23.7. The van der Waals surface area contributed by atoms with Crippen LogP contribution in [-0.2, 0) is 85.5 Å². The van der Waals surface area contributed by atoms with Crippen molar-refractivity contribution >= 4 is 24.2 Å². The van der Waals surface area contributed by atoms with E-state index in [2.05, 4.69) is 16.0 Å². The van der Waals surface area contributed by atoms with Crippen molar-refractivity contribution in [2.45, 2.75) is 255 Å². The number of aliphatic hydroxyl groups excluding tert-OH is 19. The van der Waals surface area contributed by atoms with Gasteiger partial charge >= 0.3 is 5.97 Å². The van der Waals surface area contributed by atoms with Gasteiger partial charge < -0.3 is 179 Å². The molecular weight excluding hydrogens is 1270 g/mol. The van der Waals surface area contributed by atoms with Crippen molar-refractivity contribution in [1.29, 1.82) is 0 Å². The van der Waals surface area contributed by atoms with Gasteiger partial charge in [-0.25, -0.2) is 0 Å². The van der Waals surface area contributed by atoms with Gasteiger partial charge in [0.15, 0.2) is 31.5 Å². The maximum atomic E-state index is 12.9. The first-order valence-corrected chi connectivity index (χ1v) is 29.9. The van der Waals surface area contributed by atoms with Gasteiger partial charge in [0, 0.05) is 26.7 Å². The number of hydrogen-bond acceptors (Lipinski definition) is 37. The molecule has 0 aromatic carbocycles. The molecule has 93 heavy (non-hydrogen) atoms. The fourth-order valence-corrected chi connectivity index (χ4v) is 12.3. The van der Waals surface area contributed by atoms with Crippen LogP contribution in [0, 0.1) is 5.92 Å². The zero-order valence-electron chi connectivity index (χ0n) is 50.8. The second-order valence-electron chi connectivity index (χ2n) is 23.7. The van der Waals surface area contributed by atoms with Crippen LogP contribution in [0.4, 0.5) is 0 Å². The SMILES string of the molecule is CC(=O)NC1[C@H](OC2C(O)[C@H](O)C(CO)O[C@@H]2OC2[C@H](O)C(CO)O[C@@H](O[C@@H]3C(CO)O[C@@H](O[C@@H]4C(CO)O[C@@H](C)[C@@H](NC(C)=O)C4O)[C@@H](NC(C)=O)C3O)[C@@H]2O)OC(CO)[C@@H](O[C@@H]2OC(CO)[C@H](O)[C@H](O[C@]3(OC=O)C[C@@H](O)[C@@H](C)C([C@H](O)[C@H](O)CO)O3)C2O)[C@@H]1O. The van der Waals surface area contributed by atoms with Gasteiger partial charge in [-0.2, -0.15) is 0 Å². The van der Waals surface area contributed by atoms with Gasteiger partial charge in [0.25, 0.3) is 6.47 Å². The number of hydrogen-bond donors (Lipinski definition) is 22. The summed E-state index contributed by atoms with van der Waals surface area (Å²) in [6.45, 7) is -1.37. The monoisotopic (exact) mass is 1360 g/mol. The summed E-state index contributed by atoms with van der Waals surface area (Å²) in [4.78, 5) is 49.5. The Hall–Kier alpha value is -3.40. The third-order valence-corrected chi connectivity index (χ3v) is 17.2. The molecule has 36 atom stereocenters. The molecule has 0 spiro atoms. The van der Waals surface area contributed by atoms with Gasteiger partial charge in [-0.3, -0.25) is 19.2 Å². The zero-order valence-corrected chi connectivity index (χ0v) is 50.8. The van der Waals surface area contributed by atoms with Crippen molar-refractivity contribution in [2.75, 3.05) is 46.2 Å². The van der Waals surface area contributed by atoms with Crippen LogP contribution in [0.1, 0.15) is 41.0 Å². The van der Waals surface area contributed by atoms with Gasteiger partial charge in [-0.15, -0.1) is 0 Å². The van der Waals surface area contributed by atoms with Crippen LogP contribution >= 0.6 is 0 Å². The molecule has 0 radical (unpaired) electrons. The van der Waals surface area contributed by atoms with E-state index >= 15 is 0 Å². The lowest BCUT2D eigenvalue weighted by Crippen LogP contribution is -2.71. The van der Waals surface area contributed by atoms with Crippen molar-refractivity contribution in [3.8, 4) is 0 Å². The number of ether oxygens (including phenoxy) is 14. The first-order valence-electron chi connectivity index (χ1n) is 29.9. The number of nitrogens with one attached hydrogen (secondary N) is 3. The van der Waals surface area contributed by atoms with E-state index in [0.29, 0.717) is 0 Å². The van der Waals surface area contributed by atoms with Crippen LogP contribution in [0.3, 0.4) is 0 Å². The van der Waals surface area contributed by atoms with E-state index in [1.807, 2.05) is 0 Å². The summed E-state index contributed by atoms with van der Waals surface area (Å²) in [5, 5.41) is 217. The van der Waals surface area contributed by atoms with E-state index in [9.17, 15) is 116 Å². The summed E-state index contributed by atoms with van der Waals surface area (Å²) >= 11 is 0. The molecule has 7 aliphatic heterocycles. The van der Waals surface area contributed by atoms with E-state index in [-0.39, 0.29) is 6.47 Å². The van der Waals surface area contributed by atoms with Crippen molar-refractivity contribution in [3.05, 3.63) is 0 Å². The Morgan fingerprint density at radius 1 is 0.462 bits per heavy atom. The van der Waals surface area contributed by atoms with Crippen LogP contribution in [-0.4, -0.2) is 382 Å². The lowest BCUT2D eigenvalue weighted by atomic mass is 9.87. The molecule has 538 valence electrons. The first kappa shape index (κ1) is 77.0. The van der Waals surface area contributed by atoms with Gasteiger partial charge in [0.2, 0.25) is 17.7 Å². The summed E-state index contributed by atoms with van der Waals surface area (Å²) in [6.07, 6.45) is -60.5. The maximum absolute atomic E-state index is 12.9. The average molecular weight is 1360 g/mol. The Bertz CT molecular complexity index is 2380. The third kappa shape index (κ3) is 17.0. The average Bonchev–Trinajstić information content (AvgIpc) is 0.775. The highest BCUT2D eigenvalue weighted by atomic mass is 16.9. The molecular formula is C53H89N3O37. The van der Waals surface area contributed by atoms with Crippen LogP contribution in [0.2, 0.25) is 0 Å². The molecule has 0 aliphatic carbocycles. The lowest BCUT2D eigenvalue weighted by Gasteiger charge is -2.51. The van der Waals surface area contributed by atoms with Crippen molar-refractivity contribution < 1.29 is 183 Å². The number of carbonyl (C=O) groups is 4. The van der Waals surface area contributed by atoms with E-state index in [1.165, 1.54) is 20.8 Å². The summed E-state index contributed by atoms with van der Waals surface area (Å²) in [5.41, 5.74) is 0. The Morgan fingerprint density at radius 3 is 1.29 bits per heavy atom. The molecule has 14 unspecified atom stereocenters. The molecule has 22 N–H and O–H groups in total. The Labute approximate surface area is 529 Å². The molecule has 40 nitrogen and oxygen atoms in total. The number of carbonyl (C=O) groups excluding carboxylic acids is 4. The lowest BCUT2D eigenvalue weighted by molar-refractivity contribution is -0.448. The van der Waals surface area contributed by atoms with Crippen LogP contribution in [0.5, 0.6) is 0 Å². The van der Waals surface area contributed by atoms with E-state index in [0.717, 1.165) is 13.8 Å². The molecule has 0 aromatic heterocycles. The van der Waals surface area contributed by atoms with E-state index < -0.39 is 291 Å². The quantitative estimate of drug-likeness (QED) is 0.0282. The molecule has 7 fully saturated rings. The molecule has 0 saturated carbocycles. The normalized spacial score (nSPS) is 47.2. The fraction of sp³-hybridized carbons (Fsp3) is 0.925. The standard InChI is InChI=1S/C53H89N3O37/c1-15-20(68)6-53(80-14-64,92-41(15)31(70)21(69)7-57)93-46-34(73)24(10-60)83-51(40(46)79)89-44-27(13-63)86-49(30(37(44)76)56-19(5)67)91-47-38(77)32(71)22(8-58)84-52(47)90-45-33(72)23(9-59)82-50(39(45)78)88-43-26(12-62)85-48(29(36(43)75)55-18(4)66)87-42-25(11-61)81-16(2)28(35(42)74)54-17(3)65/h14-16,20-52,57-63,68-79H,6-13H2,1-5H3,(H,54,65)(H,55,66)(H,56,67)/t15-,16+,20-,21-,22?,23?,24?,25?,26?,27?,28-,29+,30?,31-,32-,33-,34+,35?,36?,37-,38?,39-,40?,41?,42-,43-,44-,45?,46+,47?,48+,49+,50+,51+,52-,53+/m1/s1. The summed E-state index contributed by atoms with van der Waals surface area (Å²) in [6, 6.07) is -4.75. The van der Waals surface area contributed by atoms with Crippen LogP contribution in [0.25, 0.3) is 0 Å². The topological polar surface area (TPSA) is 618 Å². The highest BCUT2D eigenvalue weighted by Gasteiger charge is 2.61. The highest BCUT2D eigenvalue weighted by Crippen LogP contribution is 2.42. The number of aliphatic hydroxyl groups is 19. The van der Waals surface area contributed by atoms with Crippen molar-refractivity contribution in [3.63, 3.8) is 0 Å². The number of amides is 3. The predicted octanol–water partition coefficient (Wildman–Crippen LogP) is -14.2. The minimum absolute atomic E-state index is 0.221. The van der Waals surface area contributed by atoms with E-state index in [4.69, 9.17) is 66.3 Å².